The minimum Gasteiger partial charge on any atom is -0.356 e. The normalized spacial score (nSPS) is 9.79. The van der Waals surface area contributed by atoms with Crippen molar-refractivity contribution < 1.29 is 9.59 Å². The molecular weight excluding hydrogens is 184 g/mol. The third-order valence-electron chi connectivity index (χ3n) is 1.62. The van der Waals surface area contributed by atoms with Crippen LogP contribution in [0.4, 0.5) is 0 Å². The molecule has 6 nitrogen and oxygen atoms in total. The first-order chi connectivity index (χ1) is 6.76. The molecule has 1 amide bonds. The van der Waals surface area contributed by atoms with Gasteiger partial charge in [0.15, 0.2) is 6.29 Å². The van der Waals surface area contributed by atoms with Gasteiger partial charge in [-0.15, -0.1) is 5.10 Å². The zero-order valence-electron chi connectivity index (χ0n) is 7.93. The molecule has 0 spiro atoms. The van der Waals surface area contributed by atoms with E-state index in [1.54, 1.807) is 0 Å². The summed E-state index contributed by atoms with van der Waals surface area (Å²) >= 11 is 0. The third-order valence-corrected chi connectivity index (χ3v) is 1.62. The topological polar surface area (TPSA) is 76.9 Å². The van der Waals surface area contributed by atoms with Crippen LogP contribution in [0, 0.1) is 0 Å². The summed E-state index contributed by atoms with van der Waals surface area (Å²) in [7, 11) is 0. The van der Waals surface area contributed by atoms with E-state index in [-0.39, 0.29) is 11.6 Å². The number of nitrogens with zero attached hydrogens (tertiary/aromatic N) is 3. The van der Waals surface area contributed by atoms with Crippen LogP contribution < -0.4 is 5.32 Å². The summed E-state index contributed by atoms with van der Waals surface area (Å²) in [4.78, 5) is 21.3. The van der Waals surface area contributed by atoms with Crippen LogP contribution in [0.5, 0.6) is 0 Å². The zero-order valence-corrected chi connectivity index (χ0v) is 7.93. The number of carbonyl (C=O) groups excluding carboxylic acids is 2. The molecule has 0 saturated carbocycles. The van der Waals surface area contributed by atoms with Crippen molar-refractivity contribution in [3.63, 3.8) is 0 Å². The second-order valence-corrected chi connectivity index (χ2v) is 2.73. The van der Waals surface area contributed by atoms with Crippen molar-refractivity contribution in [3.05, 3.63) is 11.9 Å². The number of aryl methyl sites for hydroxylation is 1. The molecule has 0 aromatic carbocycles. The summed E-state index contributed by atoms with van der Waals surface area (Å²) in [6.45, 7) is 2.92. The van der Waals surface area contributed by atoms with Crippen LogP contribution in [0.2, 0.25) is 0 Å². The Morgan fingerprint density at radius 3 is 3.07 bits per heavy atom. The quantitative estimate of drug-likeness (QED) is 0.651. The average molecular weight is 196 g/mol. The highest BCUT2D eigenvalue weighted by molar-refractivity contribution is 5.75. The first-order valence-electron chi connectivity index (χ1n) is 4.38. The van der Waals surface area contributed by atoms with Crippen LogP contribution in [-0.2, 0) is 11.3 Å². The van der Waals surface area contributed by atoms with Gasteiger partial charge in [-0.3, -0.25) is 14.3 Å². The van der Waals surface area contributed by atoms with Crippen LogP contribution in [0.3, 0.4) is 0 Å². The largest absolute Gasteiger partial charge is 0.356 e. The number of hydrogen-bond acceptors (Lipinski definition) is 4. The lowest BCUT2D eigenvalue weighted by Crippen LogP contribution is -2.23. The van der Waals surface area contributed by atoms with E-state index in [4.69, 9.17) is 0 Å². The Labute approximate surface area is 81.3 Å². The van der Waals surface area contributed by atoms with Crippen molar-refractivity contribution >= 4 is 12.2 Å². The maximum atomic E-state index is 11.1. The monoisotopic (exact) mass is 196 g/mol. The van der Waals surface area contributed by atoms with E-state index in [0.29, 0.717) is 25.8 Å². The molecule has 14 heavy (non-hydrogen) atoms. The SMILES string of the molecule is CCNC(=O)CCn1cc(C=O)nn1. The van der Waals surface area contributed by atoms with Crippen LogP contribution in [0.1, 0.15) is 23.8 Å². The summed E-state index contributed by atoms with van der Waals surface area (Å²) in [6, 6.07) is 0. The molecule has 1 aromatic rings. The molecule has 1 rings (SSSR count). The second kappa shape index (κ2) is 5.11. The molecule has 0 saturated heterocycles. The number of aldehydes is 1. The molecule has 76 valence electrons. The lowest BCUT2D eigenvalue weighted by Gasteiger charge is -2.00. The van der Waals surface area contributed by atoms with Crippen LogP contribution >= 0.6 is 0 Å². The van der Waals surface area contributed by atoms with Crippen molar-refractivity contribution in [2.75, 3.05) is 6.54 Å². The van der Waals surface area contributed by atoms with E-state index < -0.39 is 0 Å². The van der Waals surface area contributed by atoms with Crippen LogP contribution in [0.15, 0.2) is 6.20 Å². The zero-order chi connectivity index (χ0) is 10.4. The van der Waals surface area contributed by atoms with Crippen molar-refractivity contribution in [2.45, 2.75) is 19.9 Å². The van der Waals surface area contributed by atoms with Gasteiger partial charge in [-0.05, 0) is 6.92 Å². The van der Waals surface area contributed by atoms with Crippen LogP contribution in [0.25, 0.3) is 0 Å². The molecule has 0 fully saturated rings. The van der Waals surface area contributed by atoms with E-state index >= 15 is 0 Å². The third kappa shape index (κ3) is 2.96. The lowest BCUT2D eigenvalue weighted by atomic mass is 10.4. The molecule has 0 radical (unpaired) electrons. The number of amides is 1. The summed E-state index contributed by atoms with van der Waals surface area (Å²) in [6.07, 6.45) is 2.47. The number of carbonyl (C=O) groups is 2. The van der Waals surface area contributed by atoms with Crippen molar-refractivity contribution in [2.24, 2.45) is 0 Å². The van der Waals surface area contributed by atoms with Gasteiger partial charge in [0, 0.05) is 13.0 Å². The summed E-state index contributed by atoms with van der Waals surface area (Å²) in [5, 5.41) is 9.91. The molecule has 0 aliphatic carbocycles. The van der Waals surface area contributed by atoms with E-state index in [9.17, 15) is 9.59 Å². The fourth-order valence-electron chi connectivity index (χ4n) is 0.978. The Balaban J connectivity index is 2.37. The molecule has 0 unspecified atom stereocenters. The predicted octanol–water partition coefficient (Wildman–Crippen LogP) is -0.383. The van der Waals surface area contributed by atoms with E-state index in [1.807, 2.05) is 6.92 Å². The molecule has 0 aliphatic heterocycles. The summed E-state index contributed by atoms with van der Waals surface area (Å²) in [5.74, 6) is -0.0318. The number of nitrogens with one attached hydrogen (secondary N) is 1. The maximum Gasteiger partial charge on any atom is 0.221 e. The molecule has 1 aromatic heterocycles. The van der Waals surface area contributed by atoms with Gasteiger partial charge in [-0.25, -0.2) is 0 Å². The van der Waals surface area contributed by atoms with E-state index in [2.05, 4.69) is 15.6 Å². The predicted molar refractivity (Wildman–Crippen MR) is 48.7 cm³/mol. The lowest BCUT2D eigenvalue weighted by molar-refractivity contribution is -0.121. The molecule has 1 heterocycles. The van der Waals surface area contributed by atoms with Crippen molar-refractivity contribution in [1.29, 1.82) is 0 Å². The molecule has 0 bridgehead atoms. The van der Waals surface area contributed by atoms with Gasteiger partial charge in [0.25, 0.3) is 0 Å². The fraction of sp³-hybridized carbons (Fsp3) is 0.500. The number of hydrogen-bond donors (Lipinski definition) is 1. The van der Waals surface area contributed by atoms with Gasteiger partial charge in [-0.1, -0.05) is 5.21 Å². The van der Waals surface area contributed by atoms with Gasteiger partial charge in [0.1, 0.15) is 5.69 Å². The van der Waals surface area contributed by atoms with Crippen LogP contribution in [-0.4, -0.2) is 33.7 Å². The molecule has 0 atom stereocenters. The molecule has 0 aliphatic rings. The second-order valence-electron chi connectivity index (χ2n) is 2.73. The van der Waals surface area contributed by atoms with Crippen molar-refractivity contribution in [3.8, 4) is 0 Å². The van der Waals surface area contributed by atoms with E-state index in [1.165, 1.54) is 10.9 Å². The van der Waals surface area contributed by atoms with Gasteiger partial charge >= 0.3 is 0 Å². The fourth-order valence-corrected chi connectivity index (χ4v) is 0.978. The summed E-state index contributed by atoms with van der Waals surface area (Å²) in [5.41, 5.74) is 0.279. The smallest absolute Gasteiger partial charge is 0.221 e. The van der Waals surface area contributed by atoms with Crippen molar-refractivity contribution in [1.82, 2.24) is 20.3 Å². The highest BCUT2D eigenvalue weighted by Crippen LogP contribution is 1.91. The highest BCUT2D eigenvalue weighted by atomic mass is 16.1. The summed E-state index contributed by atoms with van der Waals surface area (Å²) < 4.78 is 1.47. The van der Waals surface area contributed by atoms with Gasteiger partial charge in [0.2, 0.25) is 5.91 Å². The maximum absolute atomic E-state index is 11.1. The van der Waals surface area contributed by atoms with Gasteiger partial charge in [0.05, 0.1) is 12.7 Å². The number of aromatic nitrogens is 3. The Bertz CT molecular complexity index is 321. The molecular formula is C8H12N4O2. The Hall–Kier alpha value is -1.72. The number of rotatable bonds is 5. The Morgan fingerprint density at radius 1 is 1.71 bits per heavy atom. The minimum atomic E-state index is -0.0318. The molecule has 1 N–H and O–H groups in total. The average Bonchev–Trinajstić information content (AvgIpc) is 2.63. The van der Waals surface area contributed by atoms with Gasteiger partial charge in [-0.2, -0.15) is 0 Å². The standard InChI is InChI=1S/C8H12N4O2/c1-2-9-8(14)3-4-12-5-7(6-13)10-11-12/h5-6H,2-4H2,1H3,(H,9,14). The Morgan fingerprint density at radius 2 is 2.50 bits per heavy atom. The van der Waals surface area contributed by atoms with Gasteiger partial charge < -0.3 is 5.32 Å². The highest BCUT2D eigenvalue weighted by Gasteiger charge is 2.02. The first-order valence-corrected chi connectivity index (χ1v) is 4.38. The molecule has 6 heteroatoms. The van der Waals surface area contributed by atoms with E-state index in [0.717, 1.165) is 0 Å². The first kappa shape index (κ1) is 10.4. The Kier molecular flexibility index (Phi) is 3.78. The minimum absolute atomic E-state index is 0.0318.